The lowest BCUT2D eigenvalue weighted by atomic mass is 9.85. The molecule has 0 aromatic rings. The Morgan fingerprint density at radius 1 is 1.62 bits per heavy atom. The van der Waals surface area contributed by atoms with Crippen LogP contribution in [0.1, 0.15) is 19.8 Å². The molecule has 0 spiro atoms. The third-order valence-corrected chi connectivity index (χ3v) is 3.33. The van der Waals surface area contributed by atoms with Gasteiger partial charge in [0.2, 0.25) is 0 Å². The van der Waals surface area contributed by atoms with Crippen molar-refractivity contribution in [3.05, 3.63) is 11.8 Å². The first kappa shape index (κ1) is 8.60. The molecule has 0 amide bonds. The molecule has 2 aliphatic rings. The zero-order valence-corrected chi connectivity index (χ0v) is 7.69. The van der Waals surface area contributed by atoms with Crippen molar-refractivity contribution in [1.82, 2.24) is 0 Å². The van der Waals surface area contributed by atoms with Crippen LogP contribution < -0.4 is 0 Å². The van der Waals surface area contributed by atoms with E-state index in [1.54, 1.807) is 0 Å². The van der Waals surface area contributed by atoms with Gasteiger partial charge in [-0.2, -0.15) is 0 Å². The lowest BCUT2D eigenvalue weighted by Gasteiger charge is -2.26. The fourth-order valence-electron chi connectivity index (χ4n) is 2.48. The van der Waals surface area contributed by atoms with E-state index in [4.69, 9.17) is 9.84 Å². The monoisotopic (exact) mass is 182 g/mol. The van der Waals surface area contributed by atoms with E-state index in [9.17, 15) is 4.79 Å². The quantitative estimate of drug-likeness (QED) is 0.670. The number of hydrogen-bond acceptors (Lipinski definition) is 2. The predicted octanol–water partition coefficient (Wildman–Crippen LogP) is 1.65. The highest BCUT2D eigenvalue weighted by Crippen LogP contribution is 2.43. The Labute approximate surface area is 77.4 Å². The van der Waals surface area contributed by atoms with E-state index in [-0.39, 0.29) is 5.92 Å². The Hall–Kier alpha value is -0.990. The van der Waals surface area contributed by atoms with Crippen LogP contribution in [0.4, 0.5) is 0 Å². The fourth-order valence-corrected chi connectivity index (χ4v) is 2.48. The minimum absolute atomic E-state index is 0.237. The number of fused-ring (bicyclic) bond motifs is 1. The summed E-state index contributed by atoms with van der Waals surface area (Å²) in [5.74, 6) is 0.453. The van der Waals surface area contributed by atoms with Crippen molar-refractivity contribution in [2.75, 3.05) is 6.61 Å². The SMILES string of the molecule is C[C@H]1CC[C@@H]2C(C(=O)O)=COC[C@@H]21. The van der Waals surface area contributed by atoms with Crippen molar-refractivity contribution in [3.8, 4) is 0 Å². The average Bonchev–Trinajstić information content (AvgIpc) is 2.48. The lowest BCUT2D eigenvalue weighted by molar-refractivity contribution is -0.134. The standard InChI is InChI=1S/C10H14O3/c1-6-2-3-7-8(6)4-13-5-9(7)10(11)12/h5-8H,2-4H2,1H3,(H,11,12)/t6-,7-,8+/m0/s1. The van der Waals surface area contributed by atoms with Crippen molar-refractivity contribution in [2.24, 2.45) is 17.8 Å². The highest BCUT2D eigenvalue weighted by atomic mass is 16.5. The summed E-state index contributed by atoms with van der Waals surface area (Å²) < 4.78 is 5.18. The summed E-state index contributed by atoms with van der Waals surface area (Å²) in [7, 11) is 0. The first-order valence-electron chi connectivity index (χ1n) is 4.75. The summed E-state index contributed by atoms with van der Waals surface area (Å²) in [6, 6.07) is 0. The molecule has 72 valence electrons. The first-order chi connectivity index (χ1) is 6.20. The molecule has 2 rings (SSSR count). The van der Waals surface area contributed by atoms with Crippen LogP contribution in [0.2, 0.25) is 0 Å². The molecule has 3 nitrogen and oxygen atoms in total. The van der Waals surface area contributed by atoms with Crippen LogP contribution in [0, 0.1) is 17.8 Å². The normalized spacial score (nSPS) is 37.6. The minimum atomic E-state index is -0.816. The van der Waals surface area contributed by atoms with Crippen molar-refractivity contribution >= 4 is 5.97 Å². The van der Waals surface area contributed by atoms with E-state index >= 15 is 0 Å². The molecule has 0 radical (unpaired) electrons. The van der Waals surface area contributed by atoms with Crippen LogP contribution in [0.25, 0.3) is 0 Å². The predicted molar refractivity (Wildman–Crippen MR) is 47.0 cm³/mol. The Balaban J connectivity index is 2.22. The van der Waals surface area contributed by atoms with E-state index in [1.807, 2.05) is 0 Å². The van der Waals surface area contributed by atoms with Crippen LogP contribution >= 0.6 is 0 Å². The van der Waals surface area contributed by atoms with Crippen LogP contribution in [-0.4, -0.2) is 17.7 Å². The molecule has 0 unspecified atom stereocenters. The molecular formula is C10H14O3. The maximum atomic E-state index is 10.9. The molecule has 0 aromatic carbocycles. The van der Waals surface area contributed by atoms with Gasteiger partial charge in [-0.1, -0.05) is 6.92 Å². The van der Waals surface area contributed by atoms with E-state index < -0.39 is 5.97 Å². The highest BCUT2D eigenvalue weighted by Gasteiger charge is 2.40. The Bertz CT molecular complexity index is 257. The van der Waals surface area contributed by atoms with Crippen LogP contribution in [0.3, 0.4) is 0 Å². The third-order valence-electron chi connectivity index (χ3n) is 3.33. The van der Waals surface area contributed by atoms with Gasteiger partial charge in [0.1, 0.15) is 0 Å². The lowest BCUT2D eigenvalue weighted by Crippen LogP contribution is -2.27. The van der Waals surface area contributed by atoms with Gasteiger partial charge >= 0.3 is 5.97 Å². The van der Waals surface area contributed by atoms with Gasteiger partial charge in [0.15, 0.2) is 0 Å². The molecule has 1 heterocycles. The summed E-state index contributed by atoms with van der Waals surface area (Å²) in [5.41, 5.74) is 0.473. The number of carboxylic acids is 1. The molecule has 3 heteroatoms. The van der Waals surface area contributed by atoms with Gasteiger partial charge in [0.05, 0.1) is 18.4 Å². The molecule has 3 atom stereocenters. The van der Waals surface area contributed by atoms with Gasteiger partial charge in [0.25, 0.3) is 0 Å². The topological polar surface area (TPSA) is 46.5 Å². The molecule has 0 aromatic heterocycles. The summed E-state index contributed by atoms with van der Waals surface area (Å²) in [6.45, 7) is 2.88. The Morgan fingerprint density at radius 2 is 2.38 bits per heavy atom. The first-order valence-corrected chi connectivity index (χ1v) is 4.75. The second-order valence-electron chi connectivity index (χ2n) is 4.04. The maximum absolute atomic E-state index is 10.9. The Kier molecular flexibility index (Phi) is 2.02. The summed E-state index contributed by atoms with van der Waals surface area (Å²) >= 11 is 0. The van der Waals surface area contributed by atoms with E-state index in [0.29, 0.717) is 24.0 Å². The van der Waals surface area contributed by atoms with Crippen molar-refractivity contribution in [1.29, 1.82) is 0 Å². The largest absolute Gasteiger partial charge is 0.500 e. The fraction of sp³-hybridized carbons (Fsp3) is 0.700. The second kappa shape index (κ2) is 3.05. The number of ether oxygens (including phenoxy) is 1. The van der Waals surface area contributed by atoms with Crippen LogP contribution in [0.15, 0.2) is 11.8 Å². The van der Waals surface area contributed by atoms with Gasteiger partial charge in [-0.05, 0) is 18.8 Å². The van der Waals surface area contributed by atoms with Gasteiger partial charge in [-0.3, -0.25) is 0 Å². The molecule has 1 N–H and O–H groups in total. The molecule has 13 heavy (non-hydrogen) atoms. The zero-order chi connectivity index (χ0) is 9.42. The smallest absolute Gasteiger partial charge is 0.334 e. The van der Waals surface area contributed by atoms with Crippen molar-refractivity contribution in [2.45, 2.75) is 19.8 Å². The van der Waals surface area contributed by atoms with E-state index in [2.05, 4.69) is 6.92 Å². The van der Waals surface area contributed by atoms with Crippen molar-refractivity contribution < 1.29 is 14.6 Å². The van der Waals surface area contributed by atoms with Gasteiger partial charge in [-0.15, -0.1) is 0 Å². The molecule has 0 bridgehead atoms. The Morgan fingerprint density at radius 3 is 3.08 bits per heavy atom. The minimum Gasteiger partial charge on any atom is -0.500 e. The molecule has 1 aliphatic carbocycles. The van der Waals surface area contributed by atoms with E-state index in [1.165, 1.54) is 6.26 Å². The summed E-state index contributed by atoms with van der Waals surface area (Å²) in [5, 5.41) is 8.92. The molecule has 1 fully saturated rings. The summed E-state index contributed by atoms with van der Waals surface area (Å²) in [6.07, 6.45) is 3.57. The number of aliphatic carboxylic acids is 1. The number of rotatable bonds is 1. The molecule has 1 saturated carbocycles. The van der Waals surface area contributed by atoms with Gasteiger partial charge < -0.3 is 9.84 Å². The van der Waals surface area contributed by atoms with Gasteiger partial charge in [-0.25, -0.2) is 4.79 Å². The number of hydrogen-bond donors (Lipinski definition) is 1. The highest BCUT2D eigenvalue weighted by molar-refractivity contribution is 5.87. The maximum Gasteiger partial charge on any atom is 0.334 e. The van der Waals surface area contributed by atoms with E-state index in [0.717, 1.165) is 12.8 Å². The molecular weight excluding hydrogens is 168 g/mol. The number of carbonyl (C=O) groups is 1. The third kappa shape index (κ3) is 1.32. The van der Waals surface area contributed by atoms with Crippen molar-refractivity contribution in [3.63, 3.8) is 0 Å². The van der Waals surface area contributed by atoms with Crippen LogP contribution in [-0.2, 0) is 9.53 Å². The number of carboxylic acid groups (broad SMARTS) is 1. The molecule has 0 saturated heterocycles. The van der Waals surface area contributed by atoms with Gasteiger partial charge in [0, 0.05) is 11.8 Å². The zero-order valence-electron chi connectivity index (χ0n) is 7.69. The summed E-state index contributed by atoms with van der Waals surface area (Å²) in [4.78, 5) is 10.9. The van der Waals surface area contributed by atoms with Crippen LogP contribution in [0.5, 0.6) is 0 Å². The molecule has 1 aliphatic heterocycles. The average molecular weight is 182 g/mol. The second-order valence-corrected chi connectivity index (χ2v) is 4.04.